The summed E-state index contributed by atoms with van der Waals surface area (Å²) in [6, 6.07) is 15.1. The van der Waals surface area contributed by atoms with Gasteiger partial charge in [-0.2, -0.15) is 0 Å². The standard InChI is InChI=1S/C22H15N3O7/c26-20(19-2-1-11-30-19)24-16-7-3-15(4-8-16)22(27)31-13-18-12-23-21(32-18)14-5-9-17(10-6-14)25(28)29/h1-12H,13H2,(H,24,26). The van der Waals surface area contributed by atoms with Crippen molar-refractivity contribution in [1.82, 2.24) is 4.98 Å². The largest absolute Gasteiger partial charge is 0.459 e. The predicted molar refractivity (Wildman–Crippen MR) is 111 cm³/mol. The van der Waals surface area contributed by atoms with Crippen LogP contribution in [-0.4, -0.2) is 21.8 Å². The first-order chi connectivity index (χ1) is 15.5. The zero-order valence-corrected chi connectivity index (χ0v) is 16.4. The van der Waals surface area contributed by atoms with E-state index in [0.717, 1.165) is 0 Å². The van der Waals surface area contributed by atoms with Crippen LogP contribution in [0.5, 0.6) is 0 Å². The van der Waals surface area contributed by atoms with Crippen LogP contribution in [0.4, 0.5) is 11.4 Å². The van der Waals surface area contributed by atoms with Gasteiger partial charge in [-0.15, -0.1) is 0 Å². The molecule has 0 atom stereocenters. The van der Waals surface area contributed by atoms with Gasteiger partial charge in [-0.05, 0) is 48.5 Å². The number of ether oxygens (including phenoxy) is 1. The fourth-order valence-electron chi connectivity index (χ4n) is 2.74. The summed E-state index contributed by atoms with van der Waals surface area (Å²) in [4.78, 5) is 38.6. The zero-order chi connectivity index (χ0) is 22.5. The van der Waals surface area contributed by atoms with Crippen molar-refractivity contribution in [3.63, 3.8) is 0 Å². The molecular weight excluding hydrogens is 418 g/mol. The van der Waals surface area contributed by atoms with Gasteiger partial charge in [-0.25, -0.2) is 9.78 Å². The van der Waals surface area contributed by atoms with Gasteiger partial charge in [-0.1, -0.05) is 0 Å². The highest BCUT2D eigenvalue weighted by Gasteiger charge is 2.13. The molecule has 0 radical (unpaired) electrons. The summed E-state index contributed by atoms with van der Waals surface area (Å²) in [5, 5.41) is 13.4. The van der Waals surface area contributed by atoms with Crippen molar-refractivity contribution < 1.29 is 28.1 Å². The molecule has 0 spiro atoms. The van der Waals surface area contributed by atoms with Crippen LogP contribution >= 0.6 is 0 Å². The summed E-state index contributed by atoms with van der Waals surface area (Å²) < 4.78 is 15.8. The minimum Gasteiger partial charge on any atom is -0.459 e. The maximum Gasteiger partial charge on any atom is 0.338 e. The molecule has 2 heterocycles. The monoisotopic (exact) mass is 433 g/mol. The molecule has 10 nitrogen and oxygen atoms in total. The molecule has 2 aromatic carbocycles. The Hall–Kier alpha value is -4.73. The van der Waals surface area contributed by atoms with Gasteiger partial charge in [0, 0.05) is 23.4 Å². The first-order valence-electron chi connectivity index (χ1n) is 9.31. The average molecular weight is 433 g/mol. The summed E-state index contributed by atoms with van der Waals surface area (Å²) in [6.07, 6.45) is 2.81. The molecule has 0 saturated carbocycles. The van der Waals surface area contributed by atoms with E-state index in [0.29, 0.717) is 17.0 Å². The highest BCUT2D eigenvalue weighted by molar-refractivity contribution is 6.02. The van der Waals surface area contributed by atoms with Gasteiger partial charge in [0.2, 0.25) is 5.89 Å². The Labute approximate surface area is 180 Å². The minimum absolute atomic E-state index is 0.0407. The lowest BCUT2D eigenvalue weighted by molar-refractivity contribution is -0.384. The maximum absolute atomic E-state index is 12.3. The molecule has 10 heteroatoms. The average Bonchev–Trinajstić information content (AvgIpc) is 3.50. The Morgan fingerprint density at radius 1 is 1.06 bits per heavy atom. The second-order valence-corrected chi connectivity index (χ2v) is 6.52. The summed E-state index contributed by atoms with van der Waals surface area (Å²) >= 11 is 0. The number of rotatable bonds is 7. The molecule has 0 unspecified atom stereocenters. The Balaban J connectivity index is 1.33. The third kappa shape index (κ3) is 4.70. The molecule has 4 aromatic rings. The third-order valence-electron chi connectivity index (χ3n) is 4.35. The summed E-state index contributed by atoms with van der Waals surface area (Å²) in [5.74, 6) is -0.244. The molecule has 0 aliphatic rings. The van der Waals surface area contributed by atoms with Crippen LogP contribution in [-0.2, 0) is 11.3 Å². The van der Waals surface area contributed by atoms with Crippen molar-refractivity contribution in [3.8, 4) is 11.5 Å². The van der Waals surface area contributed by atoms with Gasteiger partial charge < -0.3 is 18.9 Å². The summed E-state index contributed by atoms with van der Waals surface area (Å²) in [7, 11) is 0. The minimum atomic E-state index is -0.581. The summed E-state index contributed by atoms with van der Waals surface area (Å²) in [6.45, 7) is -0.143. The molecule has 1 N–H and O–H groups in total. The van der Waals surface area contributed by atoms with Gasteiger partial charge in [0.25, 0.3) is 11.6 Å². The SMILES string of the molecule is O=C(OCc1cnc(-c2ccc([N+](=O)[O-])cc2)o1)c1ccc(NC(=O)c2ccco2)cc1. The number of nitro benzene ring substituents is 1. The first-order valence-corrected chi connectivity index (χ1v) is 9.31. The van der Waals surface area contributed by atoms with Crippen molar-refractivity contribution in [2.75, 3.05) is 5.32 Å². The van der Waals surface area contributed by atoms with E-state index in [-0.39, 0.29) is 29.5 Å². The topological polar surface area (TPSA) is 138 Å². The number of carbonyl (C=O) groups is 2. The zero-order valence-electron chi connectivity index (χ0n) is 16.4. The Morgan fingerprint density at radius 3 is 2.47 bits per heavy atom. The van der Waals surface area contributed by atoms with Crippen LogP contribution in [0.1, 0.15) is 26.7 Å². The van der Waals surface area contributed by atoms with Crippen molar-refractivity contribution in [2.45, 2.75) is 6.61 Å². The smallest absolute Gasteiger partial charge is 0.338 e. The second kappa shape index (κ2) is 8.96. The van der Waals surface area contributed by atoms with Gasteiger partial charge in [0.05, 0.1) is 22.9 Å². The fraction of sp³-hybridized carbons (Fsp3) is 0.0455. The first kappa shape index (κ1) is 20.5. The highest BCUT2D eigenvalue weighted by atomic mass is 16.6. The Bertz CT molecular complexity index is 1240. The molecule has 160 valence electrons. The van der Waals surface area contributed by atoms with Crippen LogP contribution in [0.2, 0.25) is 0 Å². The predicted octanol–water partition coefficient (Wildman–Crippen LogP) is 4.45. The van der Waals surface area contributed by atoms with Gasteiger partial charge in [0.1, 0.15) is 0 Å². The van der Waals surface area contributed by atoms with E-state index in [2.05, 4.69) is 10.3 Å². The lowest BCUT2D eigenvalue weighted by atomic mass is 10.2. The number of furan rings is 1. The number of aromatic nitrogens is 1. The van der Waals surface area contributed by atoms with E-state index >= 15 is 0 Å². The molecular formula is C22H15N3O7. The number of anilines is 1. The number of nitrogens with zero attached hydrogens (tertiary/aromatic N) is 2. The van der Waals surface area contributed by atoms with E-state index in [4.69, 9.17) is 13.6 Å². The number of hydrogen-bond donors (Lipinski definition) is 1. The van der Waals surface area contributed by atoms with Crippen LogP contribution in [0.15, 0.2) is 82.0 Å². The summed E-state index contributed by atoms with van der Waals surface area (Å²) in [5.41, 5.74) is 1.29. The van der Waals surface area contributed by atoms with Gasteiger partial charge in [0.15, 0.2) is 18.1 Å². The number of amides is 1. The molecule has 0 aliphatic heterocycles. The third-order valence-corrected chi connectivity index (χ3v) is 4.35. The number of non-ortho nitro benzene ring substituents is 1. The number of nitrogens with one attached hydrogen (secondary N) is 1. The molecule has 0 aliphatic carbocycles. The molecule has 0 fully saturated rings. The lowest BCUT2D eigenvalue weighted by Crippen LogP contribution is -2.11. The van der Waals surface area contributed by atoms with Gasteiger partial charge >= 0.3 is 5.97 Å². The molecule has 0 bridgehead atoms. The number of oxazole rings is 1. The lowest BCUT2D eigenvalue weighted by Gasteiger charge is -2.05. The van der Waals surface area contributed by atoms with Crippen LogP contribution in [0.3, 0.4) is 0 Å². The number of benzene rings is 2. The molecule has 2 aromatic heterocycles. The molecule has 32 heavy (non-hydrogen) atoms. The van der Waals surface area contributed by atoms with E-state index in [1.165, 1.54) is 54.9 Å². The number of nitro groups is 1. The number of esters is 1. The van der Waals surface area contributed by atoms with Crippen LogP contribution < -0.4 is 5.32 Å². The number of hydrogen-bond acceptors (Lipinski definition) is 8. The van der Waals surface area contributed by atoms with E-state index in [9.17, 15) is 19.7 Å². The van der Waals surface area contributed by atoms with E-state index in [1.54, 1.807) is 18.2 Å². The second-order valence-electron chi connectivity index (χ2n) is 6.52. The maximum atomic E-state index is 12.3. The molecule has 0 saturated heterocycles. The Morgan fingerprint density at radius 2 is 1.81 bits per heavy atom. The quantitative estimate of drug-likeness (QED) is 0.256. The van der Waals surface area contributed by atoms with E-state index < -0.39 is 16.8 Å². The molecule has 4 rings (SSSR count). The van der Waals surface area contributed by atoms with Crippen molar-refractivity contribution >= 4 is 23.3 Å². The van der Waals surface area contributed by atoms with Crippen molar-refractivity contribution in [3.05, 3.63) is 100 Å². The normalized spacial score (nSPS) is 10.5. The van der Waals surface area contributed by atoms with Crippen molar-refractivity contribution in [1.29, 1.82) is 0 Å². The highest BCUT2D eigenvalue weighted by Crippen LogP contribution is 2.22. The van der Waals surface area contributed by atoms with Crippen LogP contribution in [0.25, 0.3) is 11.5 Å². The molecule has 1 amide bonds. The van der Waals surface area contributed by atoms with Crippen molar-refractivity contribution in [2.24, 2.45) is 0 Å². The number of carbonyl (C=O) groups excluding carboxylic acids is 2. The fourth-order valence-corrected chi connectivity index (χ4v) is 2.74. The van der Waals surface area contributed by atoms with Crippen LogP contribution in [0, 0.1) is 10.1 Å². The van der Waals surface area contributed by atoms with E-state index in [1.807, 2.05) is 0 Å². The Kier molecular flexibility index (Phi) is 5.75. The van der Waals surface area contributed by atoms with Gasteiger partial charge in [-0.3, -0.25) is 14.9 Å².